The van der Waals surface area contributed by atoms with Crippen LogP contribution in [0.25, 0.3) is 10.6 Å². The van der Waals surface area contributed by atoms with Crippen LogP contribution in [0.1, 0.15) is 47.6 Å². The van der Waals surface area contributed by atoms with Gasteiger partial charge in [-0.1, -0.05) is 12.1 Å². The molecule has 1 aromatic carbocycles. The molecular formula is C25H34N6O2S2. The van der Waals surface area contributed by atoms with Crippen LogP contribution < -0.4 is 14.8 Å². The molecule has 0 bridgehead atoms. The quantitative estimate of drug-likeness (QED) is 0.258. The summed E-state index contributed by atoms with van der Waals surface area (Å²) in [5.74, 6) is 0.473. The fraction of sp³-hybridized carbons (Fsp3) is 0.440. The van der Waals surface area contributed by atoms with Crippen molar-refractivity contribution in [2.75, 3.05) is 39.0 Å². The van der Waals surface area contributed by atoms with Crippen molar-refractivity contribution in [2.24, 2.45) is 0 Å². The van der Waals surface area contributed by atoms with Gasteiger partial charge in [-0.15, -0.1) is 11.3 Å². The molecule has 0 saturated heterocycles. The van der Waals surface area contributed by atoms with Gasteiger partial charge in [-0.05, 0) is 83.5 Å². The normalized spacial score (nSPS) is 13.6. The Bertz CT molecular complexity index is 1060. The number of carbonyl (C=O) groups excluding carboxylic acids is 1. The predicted molar refractivity (Wildman–Crippen MR) is 145 cm³/mol. The third kappa shape index (κ3) is 9.21. The smallest absolute Gasteiger partial charge is 0.232 e. The van der Waals surface area contributed by atoms with Crippen molar-refractivity contribution in [3.05, 3.63) is 53.4 Å². The van der Waals surface area contributed by atoms with E-state index in [9.17, 15) is 4.79 Å². The van der Waals surface area contributed by atoms with Gasteiger partial charge < -0.3 is 19.7 Å². The van der Waals surface area contributed by atoms with Crippen LogP contribution in [-0.2, 0) is 0 Å². The van der Waals surface area contributed by atoms with Crippen LogP contribution in [0.3, 0.4) is 0 Å². The van der Waals surface area contributed by atoms with Crippen molar-refractivity contribution >= 4 is 35.3 Å². The van der Waals surface area contributed by atoms with Crippen LogP contribution in [0.15, 0.2) is 42.9 Å². The lowest BCUT2D eigenvalue weighted by Crippen LogP contribution is -2.22. The molecule has 0 radical (unpaired) electrons. The molecule has 2 heterocycles. The van der Waals surface area contributed by atoms with Crippen molar-refractivity contribution in [1.29, 1.82) is 0 Å². The van der Waals surface area contributed by atoms with Gasteiger partial charge in [0.1, 0.15) is 5.69 Å². The number of ether oxygens (including phenoxy) is 1. The van der Waals surface area contributed by atoms with Crippen molar-refractivity contribution < 1.29 is 9.53 Å². The molecule has 1 aliphatic carbocycles. The topological polar surface area (TPSA) is 92.3 Å². The molecular weight excluding hydrogens is 480 g/mol. The van der Waals surface area contributed by atoms with E-state index in [1.54, 1.807) is 18.6 Å². The highest BCUT2D eigenvalue weighted by Gasteiger charge is 2.22. The summed E-state index contributed by atoms with van der Waals surface area (Å²) in [5, 5.41) is 4.68. The maximum absolute atomic E-state index is 10.5. The molecule has 1 fully saturated rings. The molecule has 0 aliphatic heterocycles. The summed E-state index contributed by atoms with van der Waals surface area (Å²) in [6, 6.07) is 9.20. The van der Waals surface area contributed by atoms with E-state index in [-0.39, 0.29) is 0 Å². The Hall–Kier alpha value is -2.53. The maximum Gasteiger partial charge on any atom is 0.232 e. The summed E-state index contributed by atoms with van der Waals surface area (Å²) >= 11 is 3.14. The molecule has 0 spiro atoms. The van der Waals surface area contributed by atoms with E-state index in [1.807, 2.05) is 25.9 Å². The van der Waals surface area contributed by atoms with E-state index in [0.29, 0.717) is 35.5 Å². The number of rotatable bonds is 12. The van der Waals surface area contributed by atoms with E-state index in [0.717, 1.165) is 23.1 Å². The largest absolute Gasteiger partial charge is 0.477 e. The average molecular weight is 515 g/mol. The number of nitrogens with zero attached hydrogens (tertiary/aromatic N) is 4. The van der Waals surface area contributed by atoms with Gasteiger partial charge in [0.25, 0.3) is 0 Å². The van der Waals surface area contributed by atoms with Crippen LogP contribution in [-0.4, -0.2) is 65.7 Å². The summed E-state index contributed by atoms with van der Waals surface area (Å²) in [6.45, 7) is 3.52. The molecule has 35 heavy (non-hydrogen) atoms. The van der Waals surface area contributed by atoms with E-state index in [2.05, 4.69) is 68.3 Å². The zero-order chi connectivity index (χ0) is 25.0. The highest BCUT2D eigenvalue weighted by Crippen LogP contribution is 2.34. The Balaban J connectivity index is 0.000000198. The lowest BCUT2D eigenvalue weighted by atomic mass is 10.0. The van der Waals surface area contributed by atoms with Gasteiger partial charge in [-0.2, -0.15) is 0 Å². The second-order valence-corrected chi connectivity index (χ2v) is 10.5. The molecule has 2 N–H and O–H groups in total. The number of benzene rings is 1. The van der Waals surface area contributed by atoms with E-state index in [4.69, 9.17) is 4.74 Å². The summed E-state index contributed by atoms with van der Waals surface area (Å²) in [6.07, 6.45) is 9.34. The molecule has 1 unspecified atom stereocenters. The summed E-state index contributed by atoms with van der Waals surface area (Å²) in [7, 11) is 6.29. The fourth-order valence-corrected chi connectivity index (χ4v) is 4.65. The number of hydrogen-bond acceptors (Lipinski definition) is 10. The number of anilines is 1. The van der Waals surface area contributed by atoms with E-state index in [1.165, 1.54) is 35.4 Å². The summed E-state index contributed by atoms with van der Waals surface area (Å²) in [5.41, 5.74) is 3.25. The van der Waals surface area contributed by atoms with Gasteiger partial charge in [0, 0.05) is 23.2 Å². The zero-order valence-corrected chi connectivity index (χ0v) is 22.4. The zero-order valence-electron chi connectivity index (χ0n) is 20.7. The highest BCUT2D eigenvalue weighted by molar-refractivity contribution is 8.01. The third-order valence-corrected chi connectivity index (χ3v) is 7.26. The van der Waals surface area contributed by atoms with Crippen molar-refractivity contribution in [3.63, 3.8) is 0 Å². The molecule has 1 aliphatic rings. The summed E-state index contributed by atoms with van der Waals surface area (Å²) < 4.78 is 8.71. The van der Waals surface area contributed by atoms with Crippen LogP contribution in [0.4, 0.5) is 5.69 Å². The second-order valence-electron chi connectivity index (χ2n) is 8.33. The standard InChI is InChI=1S/C15H25N3S.C10H9N3O2S/c1-16-15(9-10-18(2)3)12-5-4-6-13(11-12)17-19-14-7-8-14;1-2-15-9-5-11-3-7(13-9)8-4-12-10(6-14)16-8/h4-6,11,14-17H,7-10H2,1-3H3;3-6H,2H2,1H3. The van der Waals surface area contributed by atoms with Crippen molar-refractivity contribution in [3.8, 4) is 16.5 Å². The average Bonchev–Trinajstić information content (AvgIpc) is 3.58. The van der Waals surface area contributed by atoms with E-state index < -0.39 is 0 Å². The minimum absolute atomic E-state index is 0.426. The number of aromatic nitrogens is 3. The maximum atomic E-state index is 10.5. The fourth-order valence-electron chi connectivity index (χ4n) is 3.17. The monoisotopic (exact) mass is 514 g/mol. The SMILES string of the molecule is CCOc1cncc(-c2cnc(C=O)s2)n1.CNC(CCN(C)C)c1cccc(NSC2CC2)c1. The van der Waals surface area contributed by atoms with Gasteiger partial charge in [-0.3, -0.25) is 9.78 Å². The van der Waals surface area contributed by atoms with Gasteiger partial charge in [0.2, 0.25) is 5.88 Å². The first-order valence-corrected chi connectivity index (χ1v) is 13.4. The minimum atomic E-state index is 0.426. The molecule has 2 aromatic heterocycles. The first kappa shape index (κ1) is 27.1. The number of thiazole rings is 1. The van der Waals surface area contributed by atoms with Gasteiger partial charge in [0.05, 0.1) is 23.9 Å². The lowest BCUT2D eigenvalue weighted by Gasteiger charge is -2.20. The van der Waals surface area contributed by atoms with Gasteiger partial charge >= 0.3 is 0 Å². The van der Waals surface area contributed by atoms with E-state index >= 15 is 0 Å². The first-order chi connectivity index (χ1) is 17.0. The van der Waals surface area contributed by atoms with Crippen LogP contribution in [0, 0.1) is 0 Å². The van der Waals surface area contributed by atoms with Crippen LogP contribution in [0.2, 0.25) is 0 Å². The number of aldehydes is 1. The molecule has 3 aromatic rings. The number of hydrogen-bond donors (Lipinski definition) is 2. The Morgan fingerprint density at radius 2 is 2.11 bits per heavy atom. The van der Waals surface area contributed by atoms with Crippen molar-refractivity contribution in [1.82, 2.24) is 25.2 Å². The van der Waals surface area contributed by atoms with Gasteiger partial charge in [0.15, 0.2) is 11.3 Å². The lowest BCUT2D eigenvalue weighted by molar-refractivity contribution is 0.112. The molecule has 1 saturated carbocycles. The molecule has 188 valence electrons. The molecule has 8 nitrogen and oxygen atoms in total. The van der Waals surface area contributed by atoms with Gasteiger partial charge in [-0.25, -0.2) is 9.97 Å². The number of nitrogens with one attached hydrogen (secondary N) is 2. The second kappa shape index (κ2) is 14.1. The molecule has 10 heteroatoms. The predicted octanol–water partition coefficient (Wildman–Crippen LogP) is 4.93. The highest BCUT2D eigenvalue weighted by atomic mass is 32.2. The number of carbonyl (C=O) groups is 1. The van der Waals surface area contributed by atoms with Crippen molar-refractivity contribution in [2.45, 2.75) is 37.5 Å². The molecule has 1 atom stereocenters. The summed E-state index contributed by atoms with van der Waals surface area (Å²) in [4.78, 5) is 25.7. The Morgan fingerprint density at radius 3 is 2.77 bits per heavy atom. The Labute approximate surface area is 216 Å². The Morgan fingerprint density at radius 1 is 1.29 bits per heavy atom. The molecule has 0 amide bonds. The van der Waals surface area contributed by atoms with Crippen LogP contribution in [0.5, 0.6) is 5.88 Å². The minimum Gasteiger partial charge on any atom is -0.477 e. The molecule has 4 rings (SSSR count). The van der Waals surface area contributed by atoms with Crippen LogP contribution >= 0.6 is 23.3 Å². The Kier molecular flexibility index (Phi) is 10.9. The third-order valence-electron chi connectivity index (χ3n) is 5.15. The first-order valence-electron chi connectivity index (χ1n) is 11.7.